The molecule has 1 aliphatic carbocycles. The van der Waals surface area contributed by atoms with Gasteiger partial charge in [0.25, 0.3) is 0 Å². The van der Waals surface area contributed by atoms with E-state index in [2.05, 4.69) is 4.57 Å². The zero-order valence-corrected chi connectivity index (χ0v) is 8.50. The second kappa shape index (κ2) is 3.09. The Balaban J connectivity index is 2.06. The molecule has 2 N–H and O–H groups in total. The van der Waals surface area contributed by atoms with Crippen molar-refractivity contribution in [3.63, 3.8) is 0 Å². The molecule has 1 fully saturated rings. The Labute approximate surface area is 84.3 Å². The van der Waals surface area contributed by atoms with Crippen LogP contribution >= 0.6 is 0 Å². The summed E-state index contributed by atoms with van der Waals surface area (Å²) in [4.78, 5) is 4.77. The predicted molar refractivity (Wildman–Crippen MR) is 55.0 cm³/mol. The van der Waals surface area contributed by atoms with Gasteiger partial charge in [0.2, 0.25) is 0 Å². The van der Waals surface area contributed by atoms with E-state index in [0.717, 1.165) is 18.9 Å². The molecule has 0 amide bonds. The number of fused-ring (bicyclic) bond motifs is 1. The van der Waals surface area contributed by atoms with Crippen molar-refractivity contribution in [2.75, 3.05) is 0 Å². The molecule has 3 nitrogen and oxygen atoms in total. The van der Waals surface area contributed by atoms with Gasteiger partial charge in [-0.25, -0.2) is 4.98 Å². The monoisotopic (exact) mass is 191 g/mol. The van der Waals surface area contributed by atoms with E-state index in [1.165, 1.54) is 42.9 Å². The number of nitrogens with zero attached hydrogens (tertiary/aromatic N) is 2. The first-order valence-corrected chi connectivity index (χ1v) is 5.68. The van der Waals surface area contributed by atoms with Crippen molar-refractivity contribution in [2.24, 2.45) is 5.73 Å². The summed E-state index contributed by atoms with van der Waals surface area (Å²) in [5, 5.41) is 0. The van der Waals surface area contributed by atoms with Gasteiger partial charge in [-0.15, -0.1) is 0 Å². The van der Waals surface area contributed by atoms with Gasteiger partial charge in [-0.1, -0.05) is 0 Å². The largest absolute Gasteiger partial charge is 0.331 e. The van der Waals surface area contributed by atoms with Crippen LogP contribution in [0.5, 0.6) is 0 Å². The summed E-state index contributed by atoms with van der Waals surface area (Å²) in [5.74, 6) is 2.03. The van der Waals surface area contributed by atoms with E-state index in [4.69, 9.17) is 10.7 Å². The average Bonchev–Trinajstić information content (AvgIpc) is 2.99. The Hall–Kier alpha value is -0.830. The van der Waals surface area contributed by atoms with Crippen molar-refractivity contribution in [3.8, 4) is 0 Å². The SMILES string of the molecule is NCc1c(C2CC2)nc2n1CCCC2. The maximum absolute atomic E-state index is 5.82. The minimum Gasteiger partial charge on any atom is -0.331 e. The smallest absolute Gasteiger partial charge is 0.109 e. The highest BCUT2D eigenvalue weighted by Crippen LogP contribution is 2.41. The number of nitrogens with two attached hydrogens (primary N) is 1. The highest BCUT2D eigenvalue weighted by atomic mass is 15.1. The first kappa shape index (κ1) is 8.48. The molecular weight excluding hydrogens is 174 g/mol. The average molecular weight is 191 g/mol. The first-order valence-electron chi connectivity index (χ1n) is 5.68. The molecule has 0 unspecified atom stereocenters. The van der Waals surface area contributed by atoms with E-state index in [-0.39, 0.29) is 0 Å². The van der Waals surface area contributed by atoms with E-state index < -0.39 is 0 Å². The zero-order valence-electron chi connectivity index (χ0n) is 8.50. The lowest BCUT2D eigenvalue weighted by atomic mass is 10.1. The lowest BCUT2D eigenvalue weighted by Crippen LogP contribution is -2.15. The van der Waals surface area contributed by atoms with Crippen LogP contribution in [-0.2, 0) is 19.5 Å². The Morgan fingerprint density at radius 3 is 2.93 bits per heavy atom. The van der Waals surface area contributed by atoms with Gasteiger partial charge >= 0.3 is 0 Å². The Morgan fingerprint density at radius 2 is 2.21 bits per heavy atom. The number of hydrogen-bond donors (Lipinski definition) is 1. The summed E-state index contributed by atoms with van der Waals surface area (Å²) in [5.41, 5.74) is 8.47. The molecule has 3 heteroatoms. The minimum absolute atomic E-state index is 0.666. The van der Waals surface area contributed by atoms with Crippen molar-refractivity contribution in [3.05, 3.63) is 17.2 Å². The third-order valence-corrected chi connectivity index (χ3v) is 3.37. The van der Waals surface area contributed by atoms with Crippen molar-refractivity contribution in [1.29, 1.82) is 0 Å². The number of rotatable bonds is 2. The van der Waals surface area contributed by atoms with Crippen molar-refractivity contribution in [2.45, 2.75) is 51.1 Å². The fourth-order valence-corrected chi connectivity index (χ4v) is 2.46. The molecule has 0 radical (unpaired) electrons. The van der Waals surface area contributed by atoms with E-state index in [9.17, 15) is 0 Å². The molecule has 0 saturated heterocycles. The standard InChI is InChI=1S/C11H17N3/c12-7-9-11(8-4-5-8)13-10-3-1-2-6-14(9)10/h8H,1-7,12H2. The van der Waals surface area contributed by atoms with E-state index in [1.54, 1.807) is 0 Å². The van der Waals surface area contributed by atoms with Crippen molar-refractivity contribution >= 4 is 0 Å². The summed E-state index contributed by atoms with van der Waals surface area (Å²) in [7, 11) is 0. The maximum atomic E-state index is 5.82. The van der Waals surface area contributed by atoms with Crippen LogP contribution in [-0.4, -0.2) is 9.55 Å². The fourth-order valence-electron chi connectivity index (χ4n) is 2.46. The molecule has 1 saturated carbocycles. The summed E-state index contributed by atoms with van der Waals surface area (Å²) >= 11 is 0. The molecular formula is C11H17N3. The van der Waals surface area contributed by atoms with Crippen LogP contribution in [0.4, 0.5) is 0 Å². The highest BCUT2D eigenvalue weighted by Gasteiger charge is 2.31. The predicted octanol–water partition coefficient (Wildman–Crippen LogP) is 1.56. The molecule has 0 bridgehead atoms. The molecule has 1 aromatic heterocycles. The summed E-state index contributed by atoms with van der Waals surface area (Å²) in [6.07, 6.45) is 6.39. The Kier molecular flexibility index (Phi) is 1.87. The van der Waals surface area contributed by atoms with Gasteiger partial charge in [0.15, 0.2) is 0 Å². The van der Waals surface area contributed by atoms with E-state index in [0.29, 0.717) is 6.54 Å². The van der Waals surface area contributed by atoms with Gasteiger partial charge in [-0.2, -0.15) is 0 Å². The number of aromatic nitrogens is 2. The molecule has 1 aromatic rings. The quantitative estimate of drug-likeness (QED) is 0.771. The van der Waals surface area contributed by atoms with Crippen LogP contribution < -0.4 is 5.73 Å². The van der Waals surface area contributed by atoms with Crippen molar-refractivity contribution < 1.29 is 0 Å². The lowest BCUT2D eigenvalue weighted by molar-refractivity contribution is 0.508. The lowest BCUT2D eigenvalue weighted by Gasteiger charge is -2.15. The van der Waals surface area contributed by atoms with Crippen LogP contribution in [0.1, 0.15) is 48.8 Å². The minimum atomic E-state index is 0.666. The summed E-state index contributed by atoms with van der Waals surface area (Å²) in [6, 6.07) is 0. The highest BCUT2D eigenvalue weighted by molar-refractivity contribution is 5.25. The third-order valence-electron chi connectivity index (χ3n) is 3.37. The van der Waals surface area contributed by atoms with E-state index in [1.807, 2.05) is 0 Å². The molecule has 3 rings (SSSR count). The van der Waals surface area contributed by atoms with Crippen LogP contribution in [0.2, 0.25) is 0 Å². The molecule has 1 aliphatic heterocycles. The van der Waals surface area contributed by atoms with Crippen LogP contribution in [0, 0.1) is 0 Å². The molecule has 76 valence electrons. The second-order valence-electron chi connectivity index (χ2n) is 4.45. The molecule has 2 heterocycles. The molecule has 2 aliphatic rings. The Morgan fingerprint density at radius 1 is 1.36 bits per heavy atom. The van der Waals surface area contributed by atoms with Crippen molar-refractivity contribution in [1.82, 2.24) is 9.55 Å². The van der Waals surface area contributed by atoms with Gasteiger partial charge < -0.3 is 10.3 Å². The number of imidazole rings is 1. The van der Waals surface area contributed by atoms with Gasteiger partial charge in [0, 0.05) is 25.4 Å². The van der Waals surface area contributed by atoms with Gasteiger partial charge in [-0.05, 0) is 25.7 Å². The molecule has 0 spiro atoms. The van der Waals surface area contributed by atoms with Crippen LogP contribution in [0.3, 0.4) is 0 Å². The van der Waals surface area contributed by atoms with E-state index >= 15 is 0 Å². The molecule has 0 aromatic carbocycles. The van der Waals surface area contributed by atoms with Gasteiger partial charge in [-0.3, -0.25) is 0 Å². The molecule has 14 heavy (non-hydrogen) atoms. The zero-order chi connectivity index (χ0) is 9.54. The number of aryl methyl sites for hydroxylation is 1. The summed E-state index contributed by atoms with van der Waals surface area (Å²) < 4.78 is 2.37. The summed E-state index contributed by atoms with van der Waals surface area (Å²) in [6.45, 7) is 1.81. The first-order chi connectivity index (χ1) is 6.90. The molecule has 0 atom stereocenters. The van der Waals surface area contributed by atoms with Crippen LogP contribution in [0.25, 0.3) is 0 Å². The fraction of sp³-hybridized carbons (Fsp3) is 0.727. The third kappa shape index (κ3) is 1.19. The normalized spacial score (nSPS) is 20.9. The maximum Gasteiger partial charge on any atom is 0.109 e. The van der Waals surface area contributed by atoms with Gasteiger partial charge in [0.05, 0.1) is 11.4 Å². The van der Waals surface area contributed by atoms with Gasteiger partial charge in [0.1, 0.15) is 5.82 Å². The number of hydrogen-bond acceptors (Lipinski definition) is 2. The van der Waals surface area contributed by atoms with Crippen LogP contribution in [0.15, 0.2) is 0 Å². The second-order valence-corrected chi connectivity index (χ2v) is 4.45. The Bertz CT molecular complexity index is 350. The topological polar surface area (TPSA) is 43.8 Å².